The van der Waals surface area contributed by atoms with Gasteiger partial charge in [-0.25, -0.2) is 0 Å². The first-order chi connectivity index (χ1) is 11.2. The summed E-state index contributed by atoms with van der Waals surface area (Å²) in [5.41, 5.74) is 4.87. The summed E-state index contributed by atoms with van der Waals surface area (Å²) in [7, 11) is 0. The van der Waals surface area contributed by atoms with E-state index in [-0.39, 0.29) is 6.04 Å². The Hall–Kier alpha value is -2.20. The molecule has 23 heavy (non-hydrogen) atoms. The molecule has 1 aromatic carbocycles. The van der Waals surface area contributed by atoms with Crippen molar-refractivity contribution in [2.75, 3.05) is 0 Å². The zero-order valence-electron chi connectivity index (χ0n) is 13.7. The van der Waals surface area contributed by atoms with Crippen LogP contribution in [0.1, 0.15) is 48.5 Å². The number of nitrogens with one attached hydrogen (secondary N) is 1. The summed E-state index contributed by atoms with van der Waals surface area (Å²) in [5, 5.41) is 9.32. The van der Waals surface area contributed by atoms with Gasteiger partial charge in [0, 0.05) is 35.9 Å². The summed E-state index contributed by atoms with van der Waals surface area (Å²) in [5.74, 6) is 0. The maximum absolute atomic E-state index is 4.57. The van der Waals surface area contributed by atoms with Crippen LogP contribution in [0.15, 0.2) is 42.9 Å². The highest BCUT2D eigenvalue weighted by Gasteiger charge is 2.24. The first-order valence-electron chi connectivity index (χ1n) is 8.33. The molecule has 118 valence electrons. The fourth-order valence-electron chi connectivity index (χ4n) is 3.01. The summed E-state index contributed by atoms with van der Waals surface area (Å²) >= 11 is 0. The predicted octanol–water partition coefficient (Wildman–Crippen LogP) is 3.93. The molecule has 1 fully saturated rings. The van der Waals surface area contributed by atoms with E-state index >= 15 is 0 Å². The number of aromatic nitrogens is 3. The van der Waals surface area contributed by atoms with E-state index in [9.17, 15) is 0 Å². The maximum Gasteiger partial charge on any atom is 0.0749 e. The third-order valence-corrected chi connectivity index (χ3v) is 4.71. The molecule has 0 aliphatic heterocycles. The van der Waals surface area contributed by atoms with Crippen LogP contribution in [0, 0.1) is 6.92 Å². The van der Waals surface area contributed by atoms with E-state index in [1.807, 2.05) is 18.5 Å². The molecule has 0 radical (unpaired) electrons. The van der Waals surface area contributed by atoms with Crippen molar-refractivity contribution < 1.29 is 0 Å². The van der Waals surface area contributed by atoms with Gasteiger partial charge in [0.05, 0.1) is 17.8 Å². The van der Waals surface area contributed by atoms with Gasteiger partial charge >= 0.3 is 0 Å². The Morgan fingerprint density at radius 2 is 2.17 bits per heavy atom. The molecule has 1 saturated carbocycles. The molecule has 0 bridgehead atoms. The molecule has 2 aromatic heterocycles. The second kappa shape index (κ2) is 5.78. The number of rotatable bonds is 5. The Balaban J connectivity index is 1.50. The molecule has 1 aliphatic rings. The zero-order valence-corrected chi connectivity index (χ0v) is 13.7. The van der Waals surface area contributed by atoms with Crippen LogP contribution in [-0.2, 0) is 6.54 Å². The van der Waals surface area contributed by atoms with Crippen LogP contribution >= 0.6 is 0 Å². The van der Waals surface area contributed by atoms with E-state index in [1.54, 1.807) is 0 Å². The van der Waals surface area contributed by atoms with Crippen molar-refractivity contribution >= 4 is 10.9 Å². The van der Waals surface area contributed by atoms with Gasteiger partial charge in [0.1, 0.15) is 0 Å². The normalized spacial score (nSPS) is 15.9. The Morgan fingerprint density at radius 3 is 3.00 bits per heavy atom. The first-order valence-corrected chi connectivity index (χ1v) is 8.33. The quantitative estimate of drug-likeness (QED) is 0.777. The number of aryl methyl sites for hydroxylation is 1. The minimum absolute atomic E-state index is 0.280. The highest BCUT2D eigenvalue weighted by atomic mass is 15.3. The van der Waals surface area contributed by atoms with Gasteiger partial charge in [0.15, 0.2) is 0 Å². The molecular formula is C19H22N4. The smallest absolute Gasteiger partial charge is 0.0749 e. The fraction of sp³-hybridized carbons (Fsp3) is 0.368. The monoisotopic (exact) mass is 306 g/mol. The molecule has 2 heterocycles. The van der Waals surface area contributed by atoms with Gasteiger partial charge < -0.3 is 5.32 Å². The molecule has 4 nitrogen and oxygen atoms in total. The number of nitrogens with zero attached hydrogens (tertiary/aromatic N) is 3. The fourth-order valence-corrected chi connectivity index (χ4v) is 3.01. The molecular weight excluding hydrogens is 284 g/mol. The Kier molecular flexibility index (Phi) is 3.62. The van der Waals surface area contributed by atoms with Crippen molar-refractivity contribution in [2.24, 2.45) is 0 Å². The van der Waals surface area contributed by atoms with Crippen LogP contribution in [0.2, 0.25) is 0 Å². The number of hydrogen-bond acceptors (Lipinski definition) is 3. The van der Waals surface area contributed by atoms with Crippen LogP contribution in [0.3, 0.4) is 0 Å². The van der Waals surface area contributed by atoms with E-state index < -0.39 is 0 Å². The lowest BCUT2D eigenvalue weighted by Crippen LogP contribution is -2.18. The lowest BCUT2D eigenvalue weighted by Gasteiger charge is -2.14. The number of hydrogen-bond donors (Lipinski definition) is 1. The van der Waals surface area contributed by atoms with Gasteiger partial charge in [-0.2, -0.15) is 5.10 Å². The van der Waals surface area contributed by atoms with Crippen molar-refractivity contribution in [1.82, 2.24) is 20.1 Å². The molecule has 0 spiro atoms. The summed E-state index contributed by atoms with van der Waals surface area (Å²) in [4.78, 5) is 4.57. The summed E-state index contributed by atoms with van der Waals surface area (Å²) in [6.45, 7) is 5.14. The van der Waals surface area contributed by atoms with Crippen molar-refractivity contribution in [3.05, 3.63) is 59.5 Å². The lowest BCUT2D eigenvalue weighted by molar-refractivity contribution is 0.573. The van der Waals surface area contributed by atoms with Crippen LogP contribution < -0.4 is 5.32 Å². The second-order valence-corrected chi connectivity index (χ2v) is 6.53. The summed E-state index contributed by atoms with van der Waals surface area (Å²) in [6, 6.07) is 9.42. The number of benzene rings is 1. The SMILES string of the molecule is Cc1ccc(CNC(C)c2cnn(C3CC3)c2)c2ncccc12. The Labute approximate surface area is 136 Å². The van der Waals surface area contributed by atoms with Crippen LogP contribution in [0.25, 0.3) is 10.9 Å². The van der Waals surface area contributed by atoms with Gasteiger partial charge in [-0.1, -0.05) is 18.2 Å². The zero-order chi connectivity index (χ0) is 15.8. The molecule has 0 amide bonds. The Bertz CT molecular complexity index is 832. The molecule has 4 rings (SSSR count). The van der Waals surface area contributed by atoms with E-state index in [0.29, 0.717) is 6.04 Å². The van der Waals surface area contributed by atoms with E-state index in [1.165, 1.54) is 34.9 Å². The summed E-state index contributed by atoms with van der Waals surface area (Å²) < 4.78 is 2.11. The average Bonchev–Trinajstić information content (AvgIpc) is 3.31. The third kappa shape index (κ3) is 2.86. The van der Waals surface area contributed by atoms with Crippen molar-refractivity contribution in [3.8, 4) is 0 Å². The number of fused-ring (bicyclic) bond motifs is 1. The van der Waals surface area contributed by atoms with Crippen molar-refractivity contribution in [3.63, 3.8) is 0 Å². The summed E-state index contributed by atoms with van der Waals surface area (Å²) in [6.07, 6.45) is 8.57. The largest absolute Gasteiger partial charge is 0.306 e. The number of pyridine rings is 1. The minimum Gasteiger partial charge on any atom is -0.306 e. The molecule has 1 aliphatic carbocycles. The second-order valence-electron chi connectivity index (χ2n) is 6.53. The molecule has 1 atom stereocenters. The standard InChI is InChI=1S/C19H22N4/c1-13-5-6-15(19-18(13)4-3-9-20-19)10-21-14(2)16-11-22-23(12-16)17-7-8-17/h3-6,9,11-12,14,17,21H,7-8,10H2,1-2H3. The average molecular weight is 306 g/mol. The Morgan fingerprint density at radius 1 is 1.30 bits per heavy atom. The van der Waals surface area contributed by atoms with E-state index in [0.717, 1.165) is 12.1 Å². The topological polar surface area (TPSA) is 42.7 Å². The van der Waals surface area contributed by atoms with Gasteiger partial charge in [0.2, 0.25) is 0 Å². The van der Waals surface area contributed by atoms with Gasteiger partial charge in [-0.05, 0) is 43.9 Å². The highest BCUT2D eigenvalue weighted by molar-refractivity contribution is 5.84. The molecule has 1 N–H and O–H groups in total. The van der Waals surface area contributed by atoms with Gasteiger partial charge in [-0.3, -0.25) is 9.67 Å². The maximum atomic E-state index is 4.57. The van der Waals surface area contributed by atoms with Gasteiger partial charge in [-0.15, -0.1) is 0 Å². The van der Waals surface area contributed by atoms with Crippen LogP contribution in [0.5, 0.6) is 0 Å². The molecule has 0 saturated heterocycles. The van der Waals surface area contributed by atoms with Crippen LogP contribution in [0.4, 0.5) is 0 Å². The molecule has 1 unspecified atom stereocenters. The van der Waals surface area contributed by atoms with Crippen LogP contribution in [-0.4, -0.2) is 14.8 Å². The first kappa shape index (κ1) is 14.4. The molecule has 4 heteroatoms. The van der Waals surface area contributed by atoms with Crippen molar-refractivity contribution in [1.29, 1.82) is 0 Å². The van der Waals surface area contributed by atoms with E-state index in [4.69, 9.17) is 0 Å². The third-order valence-electron chi connectivity index (χ3n) is 4.71. The van der Waals surface area contributed by atoms with E-state index in [2.05, 4.69) is 58.3 Å². The van der Waals surface area contributed by atoms with Gasteiger partial charge in [0.25, 0.3) is 0 Å². The molecule has 3 aromatic rings. The highest BCUT2D eigenvalue weighted by Crippen LogP contribution is 2.34. The van der Waals surface area contributed by atoms with Crippen molar-refractivity contribution in [2.45, 2.75) is 45.3 Å². The predicted molar refractivity (Wildman–Crippen MR) is 92.2 cm³/mol. The minimum atomic E-state index is 0.280. The lowest BCUT2D eigenvalue weighted by atomic mass is 10.0.